The largest absolute Gasteiger partial charge is 0.388 e. The molecule has 0 aromatic carbocycles. The highest BCUT2D eigenvalue weighted by Gasteiger charge is 1.70. The predicted molar refractivity (Wildman–Crippen MR) is 51.7 cm³/mol. The third-order valence-electron chi connectivity index (χ3n) is 0.874. The van der Waals surface area contributed by atoms with Gasteiger partial charge in [-0.3, -0.25) is 0 Å². The summed E-state index contributed by atoms with van der Waals surface area (Å²) in [5.74, 6) is 0. The first kappa shape index (κ1) is 12.8. The van der Waals surface area contributed by atoms with E-state index in [2.05, 4.69) is 11.3 Å². The van der Waals surface area contributed by atoms with Crippen LogP contribution in [0.4, 0.5) is 0 Å². The van der Waals surface area contributed by atoms with E-state index in [1.165, 1.54) is 5.57 Å². The number of methoxy groups -OCH3 is 1. The molecule has 0 heterocycles. The van der Waals surface area contributed by atoms with Crippen molar-refractivity contribution in [3.05, 3.63) is 36.5 Å². The molecule has 0 fully saturated rings. The molecule has 0 aliphatic carbocycles. The van der Waals surface area contributed by atoms with Crippen molar-refractivity contribution in [2.75, 3.05) is 14.2 Å². The van der Waals surface area contributed by atoms with Gasteiger partial charge in [0.25, 0.3) is 0 Å². The Morgan fingerprint density at radius 3 is 2.09 bits per heavy atom. The van der Waals surface area contributed by atoms with Crippen LogP contribution in [0.3, 0.4) is 0 Å². The molecular weight excluding hydrogens is 136 g/mol. The summed E-state index contributed by atoms with van der Waals surface area (Å²) in [6.45, 7) is 7.63. The third kappa shape index (κ3) is 17.6. The molecule has 0 amide bonds. The molecule has 0 radical (unpaired) electrons. The number of rotatable bonds is 2. The van der Waals surface area contributed by atoms with E-state index in [4.69, 9.17) is 0 Å². The van der Waals surface area contributed by atoms with Crippen LogP contribution in [-0.2, 0) is 4.74 Å². The minimum atomic E-state index is 1.20. The van der Waals surface area contributed by atoms with Gasteiger partial charge in [-0.15, -0.1) is 0 Å². The van der Waals surface area contributed by atoms with E-state index in [-0.39, 0.29) is 0 Å². The summed E-state index contributed by atoms with van der Waals surface area (Å²) in [7, 11) is 3.25. The fourth-order valence-corrected chi connectivity index (χ4v) is 0.316. The lowest BCUT2D eigenvalue weighted by Crippen LogP contribution is -1.60. The Kier molecular flexibility index (Phi) is 13.9. The van der Waals surface area contributed by atoms with Crippen LogP contribution in [0.2, 0.25) is 0 Å². The fraction of sp³-hybridized carbons (Fsp3) is 0.400. The second kappa shape index (κ2) is 11.9. The zero-order valence-corrected chi connectivity index (χ0v) is 7.92. The van der Waals surface area contributed by atoms with Gasteiger partial charge in [-0.2, -0.15) is 0 Å². The summed E-state index contributed by atoms with van der Waals surface area (Å²) in [4.78, 5) is 0. The Bertz CT molecular complexity index is 132. The van der Waals surface area contributed by atoms with Crippen LogP contribution in [0.15, 0.2) is 36.5 Å². The van der Waals surface area contributed by atoms with E-state index in [0.717, 1.165) is 0 Å². The van der Waals surface area contributed by atoms with Crippen molar-refractivity contribution < 1.29 is 4.74 Å². The zero-order valence-electron chi connectivity index (χ0n) is 7.92. The first-order valence-corrected chi connectivity index (χ1v) is 3.55. The smallest absolute Gasteiger partial charge is 0.0351 e. The molecule has 0 bridgehead atoms. The molecule has 0 aromatic rings. The Hall–Kier alpha value is -0.820. The van der Waals surface area contributed by atoms with Gasteiger partial charge in [0.15, 0.2) is 0 Å². The van der Waals surface area contributed by atoms with Crippen LogP contribution >= 0.6 is 0 Å². The van der Waals surface area contributed by atoms with Crippen LogP contribution in [0.25, 0.3) is 0 Å². The van der Waals surface area contributed by atoms with Crippen LogP contribution in [0, 0.1) is 0 Å². The Balaban J connectivity index is 0. The molecule has 0 rings (SSSR count). The average molecular weight is 154 g/mol. The molecule has 0 aliphatic rings. The molecular formula is C10H18O. The normalized spacial score (nSPS) is 10.7. The molecule has 0 N–H and O–H groups in total. The molecule has 0 saturated heterocycles. The maximum atomic E-state index is 4.25. The molecule has 0 aliphatic heterocycles. The Morgan fingerprint density at radius 2 is 1.82 bits per heavy atom. The lowest BCUT2D eigenvalue weighted by atomic mass is 10.3. The van der Waals surface area contributed by atoms with Gasteiger partial charge < -0.3 is 4.74 Å². The minimum absolute atomic E-state index is 1.20. The van der Waals surface area contributed by atoms with Crippen molar-refractivity contribution in [2.45, 2.75) is 13.8 Å². The van der Waals surface area contributed by atoms with E-state index < -0.39 is 0 Å². The summed E-state index contributed by atoms with van der Waals surface area (Å²) in [5.41, 5.74) is 1.20. The van der Waals surface area contributed by atoms with Crippen molar-refractivity contribution in [1.82, 2.24) is 0 Å². The molecule has 64 valence electrons. The van der Waals surface area contributed by atoms with Crippen molar-refractivity contribution in [2.24, 2.45) is 0 Å². The monoisotopic (exact) mass is 154 g/mol. The fourth-order valence-electron chi connectivity index (χ4n) is 0.316. The van der Waals surface area contributed by atoms with Crippen LogP contribution in [0.1, 0.15) is 13.8 Å². The Morgan fingerprint density at radius 1 is 1.36 bits per heavy atom. The summed E-state index contributed by atoms with van der Waals surface area (Å²) >= 11 is 0. The lowest BCUT2D eigenvalue weighted by Gasteiger charge is -1.81. The van der Waals surface area contributed by atoms with Gasteiger partial charge in [-0.05, 0) is 13.8 Å². The van der Waals surface area contributed by atoms with Crippen molar-refractivity contribution in [3.8, 4) is 0 Å². The maximum Gasteiger partial charge on any atom is 0.0351 e. The topological polar surface area (TPSA) is 9.23 Å². The minimum Gasteiger partial charge on any atom is -0.388 e. The first-order valence-electron chi connectivity index (χ1n) is 3.55. The molecule has 0 atom stereocenters. The van der Waals surface area contributed by atoms with Crippen molar-refractivity contribution in [1.29, 1.82) is 0 Å². The Labute approximate surface area is 70.1 Å². The standard InChI is InChI=1S/C8H12.C2H6O/c1-4-6-7-8(3)5-2;1-3-2/h4-7H,2H2,1,3H3;1-2H3/b6-4-,8-7-;. The lowest BCUT2D eigenvalue weighted by molar-refractivity contribution is 0.277. The average Bonchev–Trinajstić information content (AvgIpc) is 2.02. The van der Waals surface area contributed by atoms with E-state index in [1.54, 1.807) is 14.2 Å². The summed E-state index contributed by atoms with van der Waals surface area (Å²) < 4.78 is 4.25. The number of hydrogen-bond donors (Lipinski definition) is 0. The van der Waals surface area contributed by atoms with Gasteiger partial charge in [-0.1, -0.05) is 36.5 Å². The highest BCUT2D eigenvalue weighted by molar-refractivity contribution is 5.18. The molecule has 0 saturated carbocycles. The summed E-state index contributed by atoms with van der Waals surface area (Å²) in [6.07, 6.45) is 7.84. The second-order valence-electron chi connectivity index (χ2n) is 2.05. The SMILES string of the molecule is C=C/C(C)=C\C=C/C.COC. The van der Waals surface area contributed by atoms with Gasteiger partial charge in [0.1, 0.15) is 0 Å². The van der Waals surface area contributed by atoms with Crippen molar-refractivity contribution >= 4 is 0 Å². The zero-order chi connectivity index (χ0) is 9.11. The van der Waals surface area contributed by atoms with Crippen molar-refractivity contribution in [3.63, 3.8) is 0 Å². The second-order valence-corrected chi connectivity index (χ2v) is 2.05. The van der Waals surface area contributed by atoms with Crippen LogP contribution in [-0.4, -0.2) is 14.2 Å². The number of ether oxygens (including phenoxy) is 1. The summed E-state index contributed by atoms with van der Waals surface area (Å²) in [5, 5.41) is 0. The molecule has 11 heavy (non-hydrogen) atoms. The molecule has 0 unspecified atom stereocenters. The summed E-state index contributed by atoms with van der Waals surface area (Å²) in [6, 6.07) is 0. The first-order chi connectivity index (χ1) is 5.22. The van der Waals surface area contributed by atoms with Crippen LogP contribution < -0.4 is 0 Å². The van der Waals surface area contributed by atoms with E-state index in [1.807, 2.05) is 38.2 Å². The highest BCUT2D eigenvalue weighted by atomic mass is 16.4. The van der Waals surface area contributed by atoms with Gasteiger partial charge in [0.2, 0.25) is 0 Å². The third-order valence-corrected chi connectivity index (χ3v) is 0.874. The highest BCUT2D eigenvalue weighted by Crippen LogP contribution is 1.91. The quantitative estimate of drug-likeness (QED) is 0.556. The number of allylic oxidation sites excluding steroid dienone is 5. The van der Waals surface area contributed by atoms with Gasteiger partial charge in [0.05, 0.1) is 0 Å². The van der Waals surface area contributed by atoms with E-state index >= 15 is 0 Å². The van der Waals surface area contributed by atoms with Gasteiger partial charge >= 0.3 is 0 Å². The van der Waals surface area contributed by atoms with Crippen LogP contribution in [0.5, 0.6) is 0 Å². The molecule has 0 aromatic heterocycles. The van der Waals surface area contributed by atoms with Gasteiger partial charge in [-0.25, -0.2) is 0 Å². The number of hydrogen-bond acceptors (Lipinski definition) is 1. The molecule has 0 spiro atoms. The maximum absolute atomic E-state index is 4.25. The molecule has 1 nitrogen and oxygen atoms in total. The van der Waals surface area contributed by atoms with E-state index in [9.17, 15) is 0 Å². The molecule has 1 heteroatoms. The van der Waals surface area contributed by atoms with E-state index in [0.29, 0.717) is 0 Å². The predicted octanol–water partition coefficient (Wildman–Crippen LogP) is 2.96. The van der Waals surface area contributed by atoms with Gasteiger partial charge in [0, 0.05) is 14.2 Å².